The SMILES string of the molecule is Cc1nc(N(C)C2CCSC2)ncc1CNC(C)C. The summed E-state index contributed by atoms with van der Waals surface area (Å²) in [4.78, 5) is 11.4. The molecule has 5 heteroatoms. The van der Waals surface area contributed by atoms with Crippen LogP contribution in [0.5, 0.6) is 0 Å². The molecular weight excluding hydrogens is 256 g/mol. The van der Waals surface area contributed by atoms with E-state index in [-0.39, 0.29) is 0 Å². The lowest BCUT2D eigenvalue weighted by Gasteiger charge is -2.24. The molecule has 0 aromatic carbocycles. The molecule has 0 aliphatic carbocycles. The second-order valence-electron chi connectivity index (χ2n) is 5.44. The highest BCUT2D eigenvalue weighted by Gasteiger charge is 2.22. The van der Waals surface area contributed by atoms with Gasteiger partial charge >= 0.3 is 0 Å². The van der Waals surface area contributed by atoms with Crippen molar-refractivity contribution in [3.05, 3.63) is 17.5 Å². The van der Waals surface area contributed by atoms with Gasteiger partial charge in [0.1, 0.15) is 0 Å². The van der Waals surface area contributed by atoms with Gasteiger partial charge in [0.05, 0.1) is 0 Å². The van der Waals surface area contributed by atoms with Crippen molar-refractivity contribution in [1.82, 2.24) is 15.3 Å². The third kappa shape index (κ3) is 3.83. The van der Waals surface area contributed by atoms with Gasteiger partial charge in [0.15, 0.2) is 0 Å². The topological polar surface area (TPSA) is 41.1 Å². The van der Waals surface area contributed by atoms with Crippen molar-refractivity contribution in [3.63, 3.8) is 0 Å². The van der Waals surface area contributed by atoms with Crippen LogP contribution in [0.25, 0.3) is 0 Å². The van der Waals surface area contributed by atoms with Crippen molar-refractivity contribution in [3.8, 4) is 0 Å². The Morgan fingerprint density at radius 2 is 2.32 bits per heavy atom. The fourth-order valence-electron chi connectivity index (χ4n) is 2.13. The first-order valence-electron chi connectivity index (χ1n) is 6.94. The van der Waals surface area contributed by atoms with E-state index >= 15 is 0 Å². The van der Waals surface area contributed by atoms with Crippen molar-refractivity contribution in [1.29, 1.82) is 0 Å². The van der Waals surface area contributed by atoms with Gasteiger partial charge in [-0.25, -0.2) is 9.97 Å². The summed E-state index contributed by atoms with van der Waals surface area (Å²) in [5, 5.41) is 3.41. The van der Waals surface area contributed by atoms with Crippen LogP contribution in [0, 0.1) is 6.92 Å². The number of aromatic nitrogens is 2. The van der Waals surface area contributed by atoms with Crippen molar-refractivity contribution in [2.75, 3.05) is 23.5 Å². The Labute approximate surface area is 120 Å². The van der Waals surface area contributed by atoms with Crippen LogP contribution in [0.15, 0.2) is 6.20 Å². The van der Waals surface area contributed by atoms with E-state index in [0.29, 0.717) is 12.1 Å². The van der Waals surface area contributed by atoms with Crippen LogP contribution in [0.1, 0.15) is 31.5 Å². The molecule has 2 rings (SSSR count). The minimum atomic E-state index is 0.484. The number of anilines is 1. The zero-order valence-corrected chi connectivity index (χ0v) is 13.1. The summed E-state index contributed by atoms with van der Waals surface area (Å²) in [6.07, 6.45) is 3.20. The molecule has 1 aromatic rings. The molecule has 1 N–H and O–H groups in total. The van der Waals surface area contributed by atoms with Gasteiger partial charge < -0.3 is 10.2 Å². The maximum atomic E-state index is 4.66. The van der Waals surface area contributed by atoms with Crippen LogP contribution in [-0.2, 0) is 6.54 Å². The van der Waals surface area contributed by atoms with Gasteiger partial charge in [0.2, 0.25) is 5.95 Å². The molecule has 4 nitrogen and oxygen atoms in total. The number of hydrogen-bond acceptors (Lipinski definition) is 5. The fourth-order valence-corrected chi connectivity index (χ4v) is 3.40. The number of hydrogen-bond donors (Lipinski definition) is 1. The van der Waals surface area contributed by atoms with Crippen LogP contribution in [0.4, 0.5) is 5.95 Å². The van der Waals surface area contributed by atoms with E-state index in [2.05, 4.69) is 48.0 Å². The Morgan fingerprint density at radius 1 is 1.53 bits per heavy atom. The average molecular weight is 280 g/mol. The third-order valence-electron chi connectivity index (χ3n) is 3.54. The summed E-state index contributed by atoms with van der Waals surface area (Å²) in [5.74, 6) is 3.30. The lowest BCUT2D eigenvalue weighted by atomic mass is 10.2. The van der Waals surface area contributed by atoms with E-state index < -0.39 is 0 Å². The van der Waals surface area contributed by atoms with Crippen LogP contribution in [0.2, 0.25) is 0 Å². The first kappa shape index (κ1) is 14.6. The fraction of sp³-hybridized carbons (Fsp3) is 0.714. The Balaban J connectivity index is 2.05. The van der Waals surface area contributed by atoms with Gasteiger partial charge in [-0.3, -0.25) is 0 Å². The van der Waals surface area contributed by atoms with Gasteiger partial charge in [0.25, 0.3) is 0 Å². The van der Waals surface area contributed by atoms with Gasteiger partial charge in [-0.2, -0.15) is 11.8 Å². The average Bonchev–Trinajstić information content (AvgIpc) is 2.90. The second-order valence-corrected chi connectivity index (χ2v) is 6.59. The molecule has 0 bridgehead atoms. The maximum Gasteiger partial charge on any atom is 0.225 e. The molecule has 1 saturated heterocycles. The smallest absolute Gasteiger partial charge is 0.225 e. The molecule has 0 radical (unpaired) electrons. The summed E-state index contributed by atoms with van der Waals surface area (Å²) in [6, 6.07) is 1.07. The maximum absolute atomic E-state index is 4.66. The minimum absolute atomic E-state index is 0.484. The van der Waals surface area contributed by atoms with E-state index in [4.69, 9.17) is 0 Å². The Bertz CT molecular complexity index is 416. The predicted molar refractivity (Wildman–Crippen MR) is 82.9 cm³/mol. The van der Waals surface area contributed by atoms with Gasteiger partial charge in [-0.1, -0.05) is 13.8 Å². The summed E-state index contributed by atoms with van der Waals surface area (Å²) < 4.78 is 0. The first-order chi connectivity index (χ1) is 9.08. The largest absolute Gasteiger partial charge is 0.340 e. The molecule has 1 unspecified atom stereocenters. The van der Waals surface area contributed by atoms with Crippen molar-refractivity contribution in [2.45, 2.75) is 45.8 Å². The molecule has 0 amide bonds. The first-order valence-corrected chi connectivity index (χ1v) is 8.10. The van der Waals surface area contributed by atoms with Crippen LogP contribution >= 0.6 is 11.8 Å². The summed E-state index contributed by atoms with van der Waals surface area (Å²) in [6.45, 7) is 7.21. The quantitative estimate of drug-likeness (QED) is 0.895. The number of rotatable bonds is 5. The summed E-state index contributed by atoms with van der Waals surface area (Å²) >= 11 is 2.02. The molecule has 1 aliphatic heterocycles. The molecule has 0 spiro atoms. The van der Waals surface area contributed by atoms with Crippen LogP contribution < -0.4 is 10.2 Å². The Morgan fingerprint density at radius 3 is 2.89 bits per heavy atom. The molecule has 106 valence electrons. The minimum Gasteiger partial charge on any atom is -0.340 e. The summed E-state index contributed by atoms with van der Waals surface area (Å²) in [5.41, 5.74) is 2.27. The van der Waals surface area contributed by atoms with Crippen molar-refractivity contribution < 1.29 is 0 Å². The van der Waals surface area contributed by atoms with E-state index in [1.54, 1.807) is 0 Å². The molecule has 19 heavy (non-hydrogen) atoms. The third-order valence-corrected chi connectivity index (χ3v) is 4.68. The van der Waals surface area contributed by atoms with Crippen LogP contribution in [-0.4, -0.2) is 40.6 Å². The standard InChI is InChI=1S/C14H24N4S/c1-10(2)15-7-12-8-16-14(17-11(12)3)18(4)13-5-6-19-9-13/h8,10,13,15H,5-7,9H2,1-4H3. The molecule has 1 atom stereocenters. The number of aryl methyl sites for hydroxylation is 1. The van der Waals surface area contributed by atoms with E-state index in [1.165, 1.54) is 23.5 Å². The highest BCUT2D eigenvalue weighted by molar-refractivity contribution is 7.99. The molecule has 1 aromatic heterocycles. The highest BCUT2D eigenvalue weighted by atomic mass is 32.2. The lowest BCUT2D eigenvalue weighted by Crippen LogP contribution is -2.33. The zero-order chi connectivity index (χ0) is 13.8. The molecule has 0 saturated carbocycles. The second kappa shape index (κ2) is 6.57. The van der Waals surface area contributed by atoms with Crippen molar-refractivity contribution >= 4 is 17.7 Å². The van der Waals surface area contributed by atoms with Gasteiger partial charge in [-0.15, -0.1) is 0 Å². The zero-order valence-electron chi connectivity index (χ0n) is 12.3. The predicted octanol–water partition coefficient (Wildman–Crippen LogP) is 2.22. The molecule has 1 aliphatic rings. The molecule has 2 heterocycles. The van der Waals surface area contributed by atoms with E-state index in [1.807, 2.05) is 18.0 Å². The summed E-state index contributed by atoms with van der Waals surface area (Å²) in [7, 11) is 2.11. The highest BCUT2D eigenvalue weighted by Crippen LogP contribution is 2.24. The lowest BCUT2D eigenvalue weighted by molar-refractivity contribution is 0.584. The van der Waals surface area contributed by atoms with E-state index in [0.717, 1.165) is 18.2 Å². The number of nitrogens with zero attached hydrogens (tertiary/aromatic N) is 3. The number of nitrogens with one attached hydrogen (secondary N) is 1. The van der Waals surface area contributed by atoms with E-state index in [9.17, 15) is 0 Å². The van der Waals surface area contributed by atoms with Gasteiger partial charge in [-0.05, 0) is 19.1 Å². The van der Waals surface area contributed by atoms with Crippen LogP contribution in [0.3, 0.4) is 0 Å². The molecule has 1 fully saturated rings. The monoisotopic (exact) mass is 280 g/mol. The molecular formula is C14H24N4S. The van der Waals surface area contributed by atoms with Crippen molar-refractivity contribution in [2.24, 2.45) is 0 Å². The van der Waals surface area contributed by atoms with Gasteiger partial charge in [0, 0.05) is 48.9 Å². The Kier molecular flexibility index (Phi) is 5.05. The Hall–Kier alpha value is -0.810. The number of thioether (sulfide) groups is 1. The normalized spacial score (nSPS) is 19.1.